The SMILES string of the molecule is C=CCN(CC(=O)O)C(=O)C(C)NC. The molecule has 1 amide bonds. The second kappa shape index (κ2) is 6.15. The molecule has 0 aliphatic heterocycles. The Morgan fingerprint density at radius 1 is 1.64 bits per heavy atom. The standard InChI is InChI=1S/C9H16N2O3/c1-4-5-11(6-8(12)13)9(14)7(2)10-3/h4,7,10H,1,5-6H2,2-3H3,(H,12,13). The van der Waals surface area contributed by atoms with Crippen molar-refractivity contribution >= 4 is 11.9 Å². The summed E-state index contributed by atoms with van der Waals surface area (Å²) in [5.74, 6) is -1.27. The Kier molecular flexibility index (Phi) is 5.55. The van der Waals surface area contributed by atoms with Crippen LogP contribution >= 0.6 is 0 Å². The van der Waals surface area contributed by atoms with Gasteiger partial charge in [0.2, 0.25) is 5.91 Å². The Balaban J connectivity index is 4.39. The summed E-state index contributed by atoms with van der Waals surface area (Å²) < 4.78 is 0. The molecule has 80 valence electrons. The van der Waals surface area contributed by atoms with E-state index in [0.717, 1.165) is 0 Å². The van der Waals surface area contributed by atoms with Crippen LogP contribution in [0.25, 0.3) is 0 Å². The van der Waals surface area contributed by atoms with Crippen molar-refractivity contribution in [3.63, 3.8) is 0 Å². The number of carboxylic acid groups (broad SMARTS) is 1. The van der Waals surface area contributed by atoms with Gasteiger partial charge in [-0.2, -0.15) is 0 Å². The zero-order valence-electron chi connectivity index (χ0n) is 8.49. The second-order valence-corrected chi connectivity index (χ2v) is 2.91. The minimum Gasteiger partial charge on any atom is -0.480 e. The van der Waals surface area contributed by atoms with Gasteiger partial charge in [0, 0.05) is 6.54 Å². The summed E-state index contributed by atoms with van der Waals surface area (Å²) in [6.45, 7) is 5.10. The lowest BCUT2D eigenvalue weighted by Gasteiger charge is -2.22. The van der Waals surface area contributed by atoms with Gasteiger partial charge in [-0.25, -0.2) is 0 Å². The van der Waals surface area contributed by atoms with E-state index in [1.165, 1.54) is 11.0 Å². The molecule has 0 aliphatic rings. The van der Waals surface area contributed by atoms with Crippen molar-refractivity contribution < 1.29 is 14.7 Å². The number of nitrogens with zero attached hydrogens (tertiary/aromatic N) is 1. The van der Waals surface area contributed by atoms with Gasteiger partial charge in [0.1, 0.15) is 6.54 Å². The topological polar surface area (TPSA) is 69.6 Å². The van der Waals surface area contributed by atoms with Gasteiger partial charge in [0.25, 0.3) is 0 Å². The quantitative estimate of drug-likeness (QED) is 0.577. The first-order valence-electron chi connectivity index (χ1n) is 4.31. The van der Waals surface area contributed by atoms with Crippen LogP contribution < -0.4 is 5.32 Å². The van der Waals surface area contributed by atoms with E-state index in [2.05, 4.69) is 11.9 Å². The molecule has 0 aromatic rings. The Hall–Kier alpha value is -1.36. The largest absolute Gasteiger partial charge is 0.480 e. The zero-order valence-corrected chi connectivity index (χ0v) is 8.49. The van der Waals surface area contributed by atoms with Crippen LogP contribution in [0.1, 0.15) is 6.92 Å². The van der Waals surface area contributed by atoms with Crippen molar-refractivity contribution in [2.45, 2.75) is 13.0 Å². The maximum Gasteiger partial charge on any atom is 0.323 e. The molecule has 0 rings (SSSR count). The third-order valence-corrected chi connectivity index (χ3v) is 1.79. The average Bonchev–Trinajstić information content (AvgIpc) is 2.14. The number of carbonyl (C=O) groups excluding carboxylic acids is 1. The highest BCUT2D eigenvalue weighted by Gasteiger charge is 2.19. The molecule has 0 aliphatic carbocycles. The molecular formula is C9H16N2O3. The minimum atomic E-state index is -1.02. The lowest BCUT2D eigenvalue weighted by atomic mass is 10.3. The van der Waals surface area contributed by atoms with Gasteiger partial charge in [0.15, 0.2) is 0 Å². The van der Waals surface area contributed by atoms with E-state index in [1.807, 2.05) is 0 Å². The number of likely N-dealkylation sites (N-methyl/N-ethyl adjacent to an activating group) is 1. The van der Waals surface area contributed by atoms with Crippen molar-refractivity contribution in [1.29, 1.82) is 0 Å². The molecular weight excluding hydrogens is 184 g/mol. The van der Waals surface area contributed by atoms with Crippen LogP contribution in [0.3, 0.4) is 0 Å². The minimum absolute atomic E-state index is 0.241. The molecule has 1 atom stereocenters. The zero-order chi connectivity index (χ0) is 11.1. The highest BCUT2D eigenvalue weighted by atomic mass is 16.4. The van der Waals surface area contributed by atoms with Gasteiger partial charge in [-0.05, 0) is 14.0 Å². The Labute approximate surface area is 83.4 Å². The van der Waals surface area contributed by atoms with E-state index in [4.69, 9.17) is 5.11 Å². The number of rotatable bonds is 6. The summed E-state index contributed by atoms with van der Waals surface area (Å²) in [6, 6.07) is -0.380. The van der Waals surface area contributed by atoms with E-state index >= 15 is 0 Å². The van der Waals surface area contributed by atoms with Gasteiger partial charge >= 0.3 is 5.97 Å². The Bertz CT molecular complexity index is 228. The van der Waals surface area contributed by atoms with Crippen molar-refractivity contribution in [2.75, 3.05) is 20.1 Å². The van der Waals surface area contributed by atoms with Crippen LogP contribution in [-0.4, -0.2) is 48.1 Å². The maximum atomic E-state index is 11.6. The van der Waals surface area contributed by atoms with E-state index in [9.17, 15) is 9.59 Å². The third kappa shape index (κ3) is 4.04. The van der Waals surface area contributed by atoms with Crippen LogP contribution in [-0.2, 0) is 9.59 Å². The summed E-state index contributed by atoms with van der Waals surface area (Å²) in [6.07, 6.45) is 1.50. The van der Waals surface area contributed by atoms with Gasteiger partial charge in [0.05, 0.1) is 6.04 Å². The molecule has 0 saturated carbocycles. The molecule has 5 heteroatoms. The van der Waals surface area contributed by atoms with E-state index in [0.29, 0.717) is 0 Å². The third-order valence-electron chi connectivity index (χ3n) is 1.79. The first kappa shape index (κ1) is 12.6. The van der Waals surface area contributed by atoms with Crippen molar-refractivity contribution in [2.24, 2.45) is 0 Å². The number of aliphatic carboxylic acids is 1. The molecule has 0 heterocycles. The van der Waals surface area contributed by atoms with Crippen LogP contribution in [0.15, 0.2) is 12.7 Å². The fourth-order valence-electron chi connectivity index (χ4n) is 0.949. The van der Waals surface area contributed by atoms with Gasteiger partial charge in [-0.1, -0.05) is 6.08 Å². The monoisotopic (exact) mass is 200 g/mol. The summed E-state index contributed by atoms with van der Waals surface area (Å²) in [5.41, 5.74) is 0. The van der Waals surface area contributed by atoms with E-state index in [1.54, 1.807) is 14.0 Å². The fourth-order valence-corrected chi connectivity index (χ4v) is 0.949. The number of amides is 1. The number of hydrogen-bond donors (Lipinski definition) is 2. The number of nitrogens with one attached hydrogen (secondary N) is 1. The number of carbonyl (C=O) groups is 2. The smallest absolute Gasteiger partial charge is 0.323 e. The fraction of sp³-hybridized carbons (Fsp3) is 0.556. The maximum absolute atomic E-state index is 11.6. The molecule has 5 nitrogen and oxygen atoms in total. The molecule has 2 N–H and O–H groups in total. The molecule has 0 fully saturated rings. The summed E-state index contributed by atoms with van der Waals surface area (Å²) >= 11 is 0. The lowest BCUT2D eigenvalue weighted by Crippen LogP contribution is -2.45. The lowest BCUT2D eigenvalue weighted by molar-refractivity contribution is -0.144. The van der Waals surface area contributed by atoms with Crippen molar-refractivity contribution in [1.82, 2.24) is 10.2 Å². The molecule has 0 aromatic heterocycles. The predicted octanol–water partition coefficient (Wildman–Crippen LogP) is -0.306. The summed E-state index contributed by atoms with van der Waals surface area (Å²) in [4.78, 5) is 23.2. The highest BCUT2D eigenvalue weighted by Crippen LogP contribution is 1.95. The number of carboxylic acids is 1. The van der Waals surface area contributed by atoms with Crippen LogP contribution in [0.5, 0.6) is 0 Å². The molecule has 0 aromatic carbocycles. The van der Waals surface area contributed by atoms with Crippen LogP contribution in [0.2, 0.25) is 0 Å². The van der Waals surface area contributed by atoms with E-state index in [-0.39, 0.29) is 25.0 Å². The molecule has 0 saturated heterocycles. The van der Waals surface area contributed by atoms with Crippen molar-refractivity contribution in [3.8, 4) is 0 Å². The summed E-state index contributed by atoms with van der Waals surface area (Å²) in [7, 11) is 1.65. The average molecular weight is 200 g/mol. The number of hydrogen-bond acceptors (Lipinski definition) is 3. The second-order valence-electron chi connectivity index (χ2n) is 2.91. The predicted molar refractivity (Wildman–Crippen MR) is 52.9 cm³/mol. The Morgan fingerprint density at radius 3 is 2.57 bits per heavy atom. The molecule has 1 unspecified atom stereocenters. The van der Waals surface area contributed by atoms with Gasteiger partial charge < -0.3 is 15.3 Å². The highest BCUT2D eigenvalue weighted by molar-refractivity contribution is 5.85. The first-order chi connectivity index (χ1) is 6.52. The molecule has 0 spiro atoms. The van der Waals surface area contributed by atoms with Gasteiger partial charge in [-0.3, -0.25) is 9.59 Å². The van der Waals surface area contributed by atoms with E-state index < -0.39 is 5.97 Å². The molecule has 0 radical (unpaired) electrons. The Morgan fingerprint density at radius 2 is 2.21 bits per heavy atom. The molecule has 0 bridgehead atoms. The van der Waals surface area contributed by atoms with Gasteiger partial charge in [-0.15, -0.1) is 6.58 Å². The van der Waals surface area contributed by atoms with Crippen LogP contribution in [0, 0.1) is 0 Å². The van der Waals surface area contributed by atoms with Crippen LogP contribution in [0.4, 0.5) is 0 Å². The molecule has 14 heavy (non-hydrogen) atoms. The normalized spacial score (nSPS) is 11.9. The first-order valence-corrected chi connectivity index (χ1v) is 4.31. The summed E-state index contributed by atoms with van der Waals surface area (Å²) in [5, 5.41) is 11.3. The van der Waals surface area contributed by atoms with Crippen molar-refractivity contribution in [3.05, 3.63) is 12.7 Å².